The first kappa shape index (κ1) is 15.8. The van der Waals surface area contributed by atoms with Gasteiger partial charge in [0.05, 0.1) is 17.0 Å². The topological polar surface area (TPSA) is 42.4 Å². The number of ether oxygens (including phenoxy) is 1. The third kappa shape index (κ3) is 3.52. The van der Waals surface area contributed by atoms with Gasteiger partial charge in [-0.3, -0.25) is 9.78 Å². The highest BCUT2D eigenvalue weighted by molar-refractivity contribution is 7.12. The van der Waals surface area contributed by atoms with Crippen LogP contribution in [0.2, 0.25) is 0 Å². The first-order valence-corrected chi connectivity index (χ1v) is 9.54. The zero-order valence-corrected chi connectivity index (χ0v) is 14.5. The monoisotopic (exact) mass is 342 g/mol. The van der Waals surface area contributed by atoms with Crippen LogP contribution in [-0.4, -0.2) is 41.1 Å². The Bertz CT molecular complexity index is 670. The Morgan fingerprint density at radius 1 is 1.29 bits per heavy atom. The molecule has 4 rings (SSSR count). The molecule has 2 aliphatic rings. The average Bonchev–Trinajstić information content (AvgIpc) is 3.12. The van der Waals surface area contributed by atoms with Gasteiger partial charge in [-0.25, -0.2) is 0 Å². The molecule has 0 spiro atoms. The Kier molecular flexibility index (Phi) is 4.63. The minimum atomic E-state index is 0.0996. The maximum Gasteiger partial charge on any atom is 0.264 e. The van der Waals surface area contributed by atoms with Crippen LogP contribution in [0.5, 0.6) is 0 Å². The standard InChI is InChI=1S/C19H22N2O2S/c22-19(18-4-2-10-24-18)21-9-7-17(23-13-14-5-6-14)16(21)11-15-3-1-8-20-12-15/h1-4,8,10,12,14,16-17H,5-7,9,11,13H2/t16-,17-/m1/s1. The first-order chi connectivity index (χ1) is 11.8. The van der Waals surface area contributed by atoms with E-state index in [1.54, 1.807) is 6.20 Å². The summed E-state index contributed by atoms with van der Waals surface area (Å²) in [5, 5.41) is 1.96. The summed E-state index contributed by atoms with van der Waals surface area (Å²) < 4.78 is 6.20. The molecule has 0 N–H and O–H groups in total. The normalized spacial score (nSPS) is 23.6. The fourth-order valence-corrected chi connectivity index (χ4v) is 4.04. The largest absolute Gasteiger partial charge is 0.376 e. The average molecular weight is 342 g/mol. The van der Waals surface area contributed by atoms with Crippen molar-refractivity contribution in [2.75, 3.05) is 13.2 Å². The molecular formula is C19H22N2O2S. The summed E-state index contributed by atoms with van der Waals surface area (Å²) in [5.74, 6) is 0.877. The van der Waals surface area contributed by atoms with E-state index < -0.39 is 0 Å². The molecule has 0 bridgehead atoms. The van der Waals surface area contributed by atoms with Gasteiger partial charge in [0.1, 0.15) is 0 Å². The van der Waals surface area contributed by atoms with E-state index in [9.17, 15) is 4.79 Å². The number of pyridine rings is 1. The van der Waals surface area contributed by atoms with Gasteiger partial charge in [-0.2, -0.15) is 0 Å². The van der Waals surface area contributed by atoms with E-state index >= 15 is 0 Å². The van der Waals surface area contributed by atoms with Gasteiger partial charge in [-0.15, -0.1) is 11.3 Å². The minimum Gasteiger partial charge on any atom is -0.376 e. The third-order valence-electron chi connectivity index (χ3n) is 4.89. The Morgan fingerprint density at radius 2 is 2.21 bits per heavy atom. The second-order valence-electron chi connectivity index (χ2n) is 6.71. The third-order valence-corrected chi connectivity index (χ3v) is 5.75. The summed E-state index contributed by atoms with van der Waals surface area (Å²) in [6.07, 6.45) is 8.12. The van der Waals surface area contributed by atoms with E-state index in [1.807, 2.05) is 34.7 Å². The number of likely N-dealkylation sites (tertiary alicyclic amines) is 1. The first-order valence-electron chi connectivity index (χ1n) is 8.66. The molecule has 5 heteroatoms. The van der Waals surface area contributed by atoms with Crippen LogP contribution >= 0.6 is 11.3 Å². The van der Waals surface area contributed by atoms with Gasteiger partial charge in [0.25, 0.3) is 5.91 Å². The van der Waals surface area contributed by atoms with E-state index in [1.165, 1.54) is 24.2 Å². The zero-order valence-electron chi connectivity index (χ0n) is 13.6. The maximum absolute atomic E-state index is 12.9. The molecule has 1 amide bonds. The molecule has 3 heterocycles. The smallest absolute Gasteiger partial charge is 0.264 e. The summed E-state index contributed by atoms with van der Waals surface area (Å²) in [6.45, 7) is 1.62. The van der Waals surface area contributed by atoms with Gasteiger partial charge in [0, 0.05) is 25.5 Å². The van der Waals surface area contributed by atoms with Gasteiger partial charge in [0.15, 0.2) is 0 Å². The van der Waals surface area contributed by atoms with Gasteiger partial charge in [0.2, 0.25) is 0 Å². The number of aromatic nitrogens is 1. The second-order valence-corrected chi connectivity index (χ2v) is 7.66. The van der Waals surface area contributed by atoms with Crippen molar-refractivity contribution in [2.45, 2.75) is 37.8 Å². The lowest BCUT2D eigenvalue weighted by atomic mass is 10.0. The molecule has 2 aromatic heterocycles. The Hall–Kier alpha value is -1.72. The Labute approximate surface area is 146 Å². The molecule has 1 aliphatic heterocycles. The molecule has 2 aromatic rings. The molecule has 2 fully saturated rings. The lowest BCUT2D eigenvalue weighted by Gasteiger charge is -2.28. The van der Waals surface area contributed by atoms with Gasteiger partial charge in [-0.05, 0) is 54.7 Å². The van der Waals surface area contributed by atoms with E-state index in [-0.39, 0.29) is 18.1 Å². The van der Waals surface area contributed by atoms with Crippen molar-refractivity contribution in [3.63, 3.8) is 0 Å². The molecule has 2 atom stereocenters. The number of nitrogens with zero attached hydrogens (tertiary/aromatic N) is 2. The van der Waals surface area contributed by atoms with Crippen LogP contribution in [0.3, 0.4) is 0 Å². The summed E-state index contributed by atoms with van der Waals surface area (Å²) in [4.78, 5) is 19.9. The van der Waals surface area contributed by atoms with Crippen LogP contribution in [0.25, 0.3) is 0 Å². The molecule has 0 radical (unpaired) electrons. The molecule has 0 unspecified atom stereocenters. The quantitative estimate of drug-likeness (QED) is 0.808. The number of hydrogen-bond acceptors (Lipinski definition) is 4. The number of rotatable bonds is 6. The number of amides is 1. The number of carbonyl (C=O) groups excluding carboxylic acids is 1. The summed E-state index contributed by atoms with van der Waals surface area (Å²) >= 11 is 1.51. The molecule has 0 aromatic carbocycles. The van der Waals surface area contributed by atoms with Crippen molar-refractivity contribution in [3.05, 3.63) is 52.5 Å². The molecular weight excluding hydrogens is 320 g/mol. The van der Waals surface area contributed by atoms with Crippen LogP contribution < -0.4 is 0 Å². The predicted octanol–water partition coefficient (Wildman–Crippen LogP) is 3.40. The highest BCUT2D eigenvalue weighted by atomic mass is 32.1. The molecule has 24 heavy (non-hydrogen) atoms. The summed E-state index contributed by atoms with van der Waals surface area (Å²) in [6, 6.07) is 7.98. The van der Waals surface area contributed by atoms with Gasteiger partial charge < -0.3 is 9.64 Å². The zero-order chi connectivity index (χ0) is 16.4. The van der Waals surface area contributed by atoms with Crippen LogP contribution in [0.15, 0.2) is 42.0 Å². The van der Waals surface area contributed by atoms with Crippen molar-refractivity contribution in [3.8, 4) is 0 Å². The van der Waals surface area contributed by atoms with Crippen LogP contribution in [0, 0.1) is 5.92 Å². The van der Waals surface area contributed by atoms with Crippen LogP contribution in [0.4, 0.5) is 0 Å². The molecule has 1 saturated heterocycles. The number of thiophene rings is 1. The van der Waals surface area contributed by atoms with Crippen molar-refractivity contribution < 1.29 is 9.53 Å². The molecule has 1 aliphatic carbocycles. The molecule has 126 valence electrons. The van der Waals surface area contributed by atoms with Crippen molar-refractivity contribution in [1.82, 2.24) is 9.88 Å². The Balaban J connectivity index is 1.51. The fraction of sp³-hybridized carbons (Fsp3) is 0.474. The molecule has 4 nitrogen and oxygen atoms in total. The summed E-state index contributed by atoms with van der Waals surface area (Å²) in [5.41, 5.74) is 1.16. The van der Waals surface area contributed by atoms with Crippen LogP contribution in [-0.2, 0) is 11.2 Å². The highest BCUT2D eigenvalue weighted by Gasteiger charge is 2.39. The lowest BCUT2D eigenvalue weighted by Crippen LogP contribution is -2.41. The lowest BCUT2D eigenvalue weighted by molar-refractivity contribution is 0.0201. The van der Waals surface area contributed by atoms with E-state index in [4.69, 9.17) is 4.74 Å². The fourth-order valence-electron chi connectivity index (χ4n) is 3.36. The number of hydrogen-bond donors (Lipinski definition) is 0. The molecule has 1 saturated carbocycles. The SMILES string of the molecule is O=C(c1cccs1)N1CC[C@@H](OCC2CC2)[C@H]1Cc1cccnc1. The van der Waals surface area contributed by atoms with Crippen molar-refractivity contribution in [2.24, 2.45) is 5.92 Å². The van der Waals surface area contributed by atoms with E-state index in [0.717, 1.165) is 42.4 Å². The summed E-state index contributed by atoms with van der Waals surface area (Å²) in [7, 11) is 0. The van der Waals surface area contributed by atoms with Gasteiger partial charge >= 0.3 is 0 Å². The minimum absolute atomic E-state index is 0.0996. The van der Waals surface area contributed by atoms with Crippen LogP contribution in [0.1, 0.15) is 34.5 Å². The van der Waals surface area contributed by atoms with E-state index in [2.05, 4.69) is 11.1 Å². The van der Waals surface area contributed by atoms with E-state index in [0.29, 0.717) is 0 Å². The predicted molar refractivity (Wildman–Crippen MR) is 94.2 cm³/mol. The highest BCUT2D eigenvalue weighted by Crippen LogP contribution is 2.32. The maximum atomic E-state index is 12.9. The van der Waals surface area contributed by atoms with Crippen molar-refractivity contribution in [1.29, 1.82) is 0 Å². The Morgan fingerprint density at radius 3 is 2.92 bits per heavy atom. The second kappa shape index (κ2) is 7.03. The van der Waals surface area contributed by atoms with Crippen molar-refractivity contribution >= 4 is 17.2 Å². The number of carbonyl (C=O) groups is 1. The van der Waals surface area contributed by atoms with Gasteiger partial charge in [-0.1, -0.05) is 12.1 Å².